The zero-order valence-corrected chi connectivity index (χ0v) is 11.0. The van der Waals surface area contributed by atoms with Crippen molar-refractivity contribution in [3.05, 3.63) is 44.8 Å². The van der Waals surface area contributed by atoms with Crippen LogP contribution < -0.4 is 5.69 Å². The summed E-state index contributed by atoms with van der Waals surface area (Å²) < 4.78 is 1.43. The molecule has 0 fully saturated rings. The van der Waals surface area contributed by atoms with Gasteiger partial charge in [0.15, 0.2) is 5.16 Å². The quantitative estimate of drug-likeness (QED) is 0.872. The van der Waals surface area contributed by atoms with E-state index in [1.807, 2.05) is 6.07 Å². The largest absolute Gasteiger partial charge is 0.343 e. The van der Waals surface area contributed by atoms with Crippen LogP contribution in [0.4, 0.5) is 0 Å². The molecule has 0 radical (unpaired) electrons. The van der Waals surface area contributed by atoms with Crippen LogP contribution in [0.5, 0.6) is 0 Å². The van der Waals surface area contributed by atoms with Crippen LogP contribution in [0.2, 0.25) is 5.02 Å². The second-order valence-corrected chi connectivity index (χ2v) is 4.93. The molecule has 0 bridgehead atoms. The van der Waals surface area contributed by atoms with Gasteiger partial charge in [0.25, 0.3) is 0 Å². The number of hydrogen-bond acceptors (Lipinski definition) is 4. The number of aromatic nitrogens is 3. The summed E-state index contributed by atoms with van der Waals surface area (Å²) in [5.74, 6) is 0.586. The number of aromatic amines is 1. The molecule has 92 valence electrons. The summed E-state index contributed by atoms with van der Waals surface area (Å²) in [5.41, 5.74) is 1.18. The zero-order chi connectivity index (χ0) is 13.1. The lowest BCUT2D eigenvalue weighted by atomic mass is 10.2. The number of nitrogens with one attached hydrogen (secondary N) is 1. The van der Waals surface area contributed by atoms with Gasteiger partial charge in [0.1, 0.15) is 0 Å². The first kappa shape index (κ1) is 12.7. The fourth-order valence-corrected chi connectivity index (χ4v) is 2.59. The number of benzene rings is 1. The number of rotatable bonds is 3. The lowest BCUT2D eigenvalue weighted by Crippen LogP contribution is -2.12. The Morgan fingerprint density at radius 2 is 2.39 bits per heavy atom. The smallest absolute Gasteiger partial charge is 0.273 e. The lowest BCUT2D eigenvalue weighted by Gasteiger charge is -2.03. The van der Waals surface area contributed by atoms with Gasteiger partial charge in [-0.2, -0.15) is 5.26 Å². The first-order valence-electron chi connectivity index (χ1n) is 5.04. The monoisotopic (exact) mass is 280 g/mol. The molecular weight excluding hydrogens is 272 g/mol. The van der Waals surface area contributed by atoms with Crippen molar-refractivity contribution in [2.24, 2.45) is 7.05 Å². The summed E-state index contributed by atoms with van der Waals surface area (Å²) >= 11 is 7.46. The Labute approximate surface area is 112 Å². The van der Waals surface area contributed by atoms with Gasteiger partial charge in [-0.05, 0) is 17.7 Å². The first-order chi connectivity index (χ1) is 8.61. The van der Waals surface area contributed by atoms with Gasteiger partial charge in [0.05, 0.1) is 11.6 Å². The van der Waals surface area contributed by atoms with Crippen LogP contribution in [0.1, 0.15) is 11.1 Å². The summed E-state index contributed by atoms with van der Waals surface area (Å²) in [6.45, 7) is 0. The molecule has 0 atom stereocenters. The Hall–Kier alpha value is -1.71. The molecule has 0 saturated carbocycles. The highest BCUT2D eigenvalue weighted by molar-refractivity contribution is 7.98. The maximum atomic E-state index is 11.2. The third-order valence-corrected chi connectivity index (χ3v) is 3.81. The topological polar surface area (TPSA) is 74.5 Å². The SMILES string of the molecule is Cn1c(SCc2ccc(C#N)cc2Cl)n[nH]c1=O. The minimum Gasteiger partial charge on any atom is -0.273 e. The fraction of sp³-hybridized carbons (Fsp3) is 0.182. The van der Waals surface area contributed by atoms with Gasteiger partial charge in [-0.15, -0.1) is 5.10 Å². The van der Waals surface area contributed by atoms with E-state index in [-0.39, 0.29) is 5.69 Å². The van der Waals surface area contributed by atoms with Crippen molar-refractivity contribution in [2.75, 3.05) is 0 Å². The highest BCUT2D eigenvalue weighted by Gasteiger charge is 2.07. The van der Waals surface area contributed by atoms with Crippen molar-refractivity contribution < 1.29 is 0 Å². The van der Waals surface area contributed by atoms with Crippen LogP contribution in [0.15, 0.2) is 28.2 Å². The molecule has 1 aromatic heterocycles. The molecular formula is C11H9ClN4OS. The summed E-state index contributed by atoms with van der Waals surface area (Å²) in [7, 11) is 1.65. The molecule has 1 heterocycles. The van der Waals surface area contributed by atoms with E-state index in [1.54, 1.807) is 25.2 Å². The van der Waals surface area contributed by atoms with Gasteiger partial charge < -0.3 is 0 Å². The van der Waals surface area contributed by atoms with Gasteiger partial charge in [-0.25, -0.2) is 9.89 Å². The number of nitriles is 1. The predicted molar refractivity (Wildman–Crippen MR) is 69.6 cm³/mol. The Bertz CT molecular complexity index is 670. The standard InChI is InChI=1S/C11H9ClN4OS/c1-16-10(17)14-15-11(16)18-6-8-3-2-7(5-13)4-9(8)12/h2-4H,6H2,1H3,(H,14,17). The maximum absolute atomic E-state index is 11.2. The zero-order valence-electron chi connectivity index (χ0n) is 9.48. The summed E-state index contributed by atoms with van der Waals surface area (Å²) in [6.07, 6.45) is 0. The van der Waals surface area contributed by atoms with Gasteiger partial charge in [0.2, 0.25) is 0 Å². The normalized spacial score (nSPS) is 10.3. The Kier molecular flexibility index (Phi) is 3.75. The van der Waals surface area contributed by atoms with Crippen LogP contribution in [-0.4, -0.2) is 14.8 Å². The van der Waals surface area contributed by atoms with Crippen molar-refractivity contribution in [1.82, 2.24) is 14.8 Å². The van der Waals surface area contributed by atoms with Crippen LogP contribution in [0.25, 0.3) is 0 Å². The third kappa shape index (κ3) is 2.58. The second kappa shape index (κ2) is 5.29. The van der Waals surface area contributed by atoms with Gasteiger partial charge >= 0.3 is 5.69 Å². The van der Waals surface area contributed by atoms with Crippen molar-refractivity contribution in [1.29, 1.82) is 5.26 Å². The van der Waals surface area contributed by atoms with E-state index in [1.165, 1.54) is 16.3 Å². The summed E-state index contributed by atoms with van der Waals surface area (Å²) in [4.78, 5) is 11.2. The van der Waals surface area contributed by atoms with Gasteiger partial charge in [-0.3, -0.25) is 4.57 Å². The molecule has 1 aromatic carbocycles. The van der Waals surface area contributed by atoms with Crippen LogP contribution >= 0.6 is 23.4 Å². The van der Waals surface area contributed by atoms with E-state index < -0.39 is 0 Å². The minimum atomic E-state index is -0.247. The molecule has 7 heteroatoms. The van der Waals surface area contributed by atoms with E-state index in [0.29, 0.717) is 21.5 Å². The summed E-state index contributed by atoms with van der Waals surface area (Å²) in [5, 5.41) is 16.1. The van der Waals surface area contributed by atoms with E-state index in [4.69, 9.17) is 16.9 Å². The first-order valence-corrected chi connectivity index (χ1v) is 6.41. The minimum absolute atomic E-state index is 0.247. The van der Waals surface area contributed by atoms with E-state index in [0.717, 1.165) is 5.56 Å². The van der Waals surface area contributed by atoms with Crippen LogP contribution in [-0.2, 0) is 12.8 Å². The number of hydrogen-bond donors (Lipinski definition) is 1. The molecule has 0 spiro atoms. The van der Waals surface area contributed by atoms with Gasteiger partial charge in [-0.1, -0.05) is 29.4 Å². The average Bonchev–Trinajstić information content (AvgIpc) is 2.68. The molecule has 0 aliphatic heterocycles. The number of thioether (sulfide) groups is 1. The molecule has 0 aliphatic rings. The molecule has 0 amide bonds. The third-order valence-electron chi connectivity index (χ3n) is 2.38. The highest BCUT2D eigenvalue weighted by atomic mass is 35.5. The van der Waals surface area contributed by atoms with E-state index in [9.17, 15) is 4.79 Å². The van der Waals surface area contributed by atoms with Crippen molar-refractivity contribution in [3.63, 3.8) is 0 Å². The van der Waals surface area contributed by atoms with Crippen molar-refractivity contribution in [2.45, 2.75) is 10.9 Å². The predicted octanol–water partition coefficient (Wildman–Crippen LogP) is 1.93. The van der Waals surface area contributed by atoms with Crippen LogP contribution in [0.3, 0.4) is 0 Å². The highest BCUT2D eigenvalue weighted by Crippen LogP contribution is 2.25. The van der Waals surface area contributed by atoms with Crippen molar-refractivity contribution in [3.8, 4) is 6.07 Å². The van der Waals surface area contributed by atoms with Crippen molar-refractivity contribution >= 4 is 23.4 Å². The lowest BCUT2D eigenvalue weighted by molar-refractivity contribution is 0.766. The molecule has 0 aliphatic carbocycles. The molecule has 1 N–H and O–H groups in total. The molecule has 2 aromatic rings. The molecule has 18 heavy (non-hydrogen) atoms. The molecule has 2 rings (SSSR count). The van der Waals surface area contributed by atoms with E-state index >= 15 is 0 Å². The Morgan fingerprint density at radius 1 is 1.61 bits per heavy atom. The molecule has 5 nitrogen and oxygen atoms in total. The molecule has 0 unspecified atom stereocenters. The fourth-order valence-electron chi connectivity index (χ4n) is 1.34. The number of nitrogens with zero attached hydrogens (tertiary/aromatic N) is 3. The summed E-state index contributed by atoms with van der Waals surface area (Å²) in [6, 6.07) is 7.17. The average molecular weight is 281 g/mol. The second-order valence-electron chi connectivity index (χ2n) is 3.58. The van der Waals surface area contributed by atoms with Crippen LogP contribution in [0, 0.1) is 11.3 Å². The molecule has 0 saturated heterocycles. The van der Waals surface area contributed by atoms with E-state index in [2.05, 4.69) is 10.2 Å². The maximum Gasteiger partial charge on any atom is 0.343 e. The van der Waals surface area contributed by atoms with Gasteiger partial charge in [0, 0.05) is 17.8 Å². The Morgan fingerprint density at radius 3 is 2.94 bits per heavy atom. The number of H-pyrrole nitrogens is 1. The Balaban J connectivity index is 2.14. The number of halogens is 1.